The van der Waals surface area contributed by atoms with Gasteiger partial charge in [0.1, 0.15) is 0 Å². The van der Waals surface area contributed by atoms with Crippen LogP contribution in [0.3, 0.4) is 0 Å². The number of carbonyl (C=O) groups is 1. The first-order chi connectivity index (χ1) is 10.4. The van der Waals surface area contributed by atoms with Gasteiger partial charge in [0.05, 0.1) is 10.9 Å². The second kappa shape index (κ2) is 6.95. The van der Waals surface area contributed by atoms with Crippen molar-refractivity contribution >= 4 is 27.5 Å². The monoisotopic (exact) mass is 345 g/mol. The summed E-state index contributed by atoms with van der Waals surface area (Å²) in [4.78, 5) is 13.8. The molecule has 0 aromatic heterocycles. The van der Waals surface area contributed by atoms with Gasteiger partial charge in [-0.1, -0.05) is 24.6 Å². The summed E-state index contributed by atoms with van der Waals surface area (Å²) in [5.41, 5.74) is 5.74. The maximum absolute atomic E-state index is 12.5. The van der Waals surface area contributed by atoms with Crippen LogP contribution in [0.4, 0.5) is 0 Å². The Kier molecular flexibility index (Phi) is 5.44. The Morgan fingerprint density at radius 3 is 2.50 bits per heavy atom. The van der Waals surface area contributed by atoms with Gasteiger partial charge in [0, 0.05) is 31.2 Å². The van der Waals surface area contributed by atoms with Gasteiger partial charge in [0.15, 0.2) is 0 Å². The zero-order valence-corrected chi connectivity index (χ0v) is 14.0. The van der Waals surface area contributed by atoms with E-state index in [1.54, 1.807) is 17.0 Å². The van der Waals surface area contributed by atoms with Crippen LogP contribution in [0.15, 0.2) is 29.2 Å². The number of amides is 1. The number of rotatable bonds is 4. The molecule has 1 heterocycles. The van der Waals surface area contributed by atoms with Crippen molar-refractivity contribution < 1.29 is 13.2 Å². The summed E-state index contributed by atoms with van der Waals surface area (Å²) >= 11 is 5.86. The van der Waals surface area contributed by atoms with Gasteiger partial charge in [-0.25, -0.2) is 8.42 Å². The quantitative estimate of drug-likeness (QED) is 0.879. The van der Waals surface area contributed by atoms with Crippen LogP contribution in [-0.2, 0) is 14.8 Å². The molecule has 2 N–H and O–H groups in total. The average molecular weight is 346 g/mol. The lowest BCUT2D eigenvalue weighted by Gasteiger charge is -2.35. The SMILES string of the molecule is CC[C@H](N)C(=O)N1CCN(S(=O)(=O)c2cccc(Cl)c2)CC1. The van der Waals surface area contributed by atoms with Crippen LogP contribution in [-0.4, -0.2) is 55.8 Å². The molecule has 2 rings (SSSR count). The summed E-state index contributed by atoms with van der Waals surface area (Å²) in [5.74, 6) is -0.123. The minimum Gasteiger partial charge on any atom is -0.339 e. The van der Waals surface area contributed by atoms with E-state index in [0.29, 0.717) is 24.5 Å². The molecular formula is C14H20ClN3O3S. The first-order valence-corrected chi connectivity index (χ1v) is 8.98. The zero-order chi connectivity index (χ0) is 16.3. The minimum atomic E-state index is -3.58. The first kappa shape index (κ1) is 17.2. The fourth-order valence-corrected chi connectivity index (χ4v) is 4.06. The lowest BCUT2D eigenvalue weighted by Crippen LogP contribution is -2.54. The molecule has 1 aliphatic rings. The van der Waals surface area contributed by atoms with E-state index in [0.717, 1.165) is 0 Å². The van der Waals surface area contributed by atoms with E-state index in [4.69, 9.17) is 17.3 Å². The second-order valence-electron chi connectivity index (χ2n) is 5.20. The van der Waals surface area contributed by atoms with Gasteiger partial charge in [-0.15, -0.1) is 0 Å². The Bertz CT molecular complexity index is 642. The number of piperazine rings is 1. The van der Waals surface area contributed by atoms with Gasteiger partial charge in [-0.3, -0.25) is 4.79 Å². The van der Waals surface area contributed by atoms with E-state index in [1.165, 1.54) is 16.4 Å². The smallest absolute Gasteiger partial charge is 0.243 e. The molecule has 6 nitrogen and oxygen atoms in total. The van der Waals surface area contributed by atoms with Crippen LogP contribution in [0.2, 0.25) is 5.02 Å². The summed E-state index contributed by atoms with van der Waals surface area (Å²) in [7, 11) is -3.58. The lowest BCUT2D eigenvalue weighted by atomic mass is 10.2. The Morgan fingerprint density at radius 1 is 1.32 bits per heavy atom. The van der Waals surface area contributed by atoms with Gasteiger partial charge in [0.2, 0.25) is 15.9 Å². The molecule has 1 aliphatic heterocycles. The van der Waals surface area contributed by atoms with Crippen molar-refractivity contribution in [3.05, 3.63) is 29.3 Å². The molecule has 0 saturated carbocycles. The normalized spacial score (nSPS) is 18.2. The first-order valence-electron chi connectivity index (χ1n) is 7.16. The lowest BCUT2D eigenvalue weighted by molar-refractivity contribution is -0.133. The standard InChI is InChI=1S/C14H20ClN3O3S/c1-2-13(16)14(19)17-6-8-18(9-7-17)22(20,21)12-5-3-4-11(15)10-12/h3-5,10,13H,2,6-9,16H2,1H3/t13-/m0/s1. The van der Waals surface area contributed by atoms with Crippen molar-refractivity contribution in [2.45, 2.75) is 24.3 Å². The van der Waals surface area contributed by atoms with E-state index in [1.807, 2.05) is 6.92 Å². The van der Waals surface area contributed by atoms with Crippen molar-refractivity contribution in [3.8, 4) is 0 Å². The van der Waals surface area contributed by atoms with Crippen molar-refractivity contribution in [2.75, 3.05) is 26.2 Å². The van der Waals surface area contributed by atoms with Crippen LogP contribution >= 0.6 is 11.6 Å². The maximum atomic E-state index is 12.5. The van der Waals surface area contributed by atoms with Gasteiger partial charge >= 0.3 is 0 Å². The third-order valence-electron chi connectivity index (χ3n) is 3.74. The molecule has 1 aromatic rings. The summed E-state index contributed by atoms with van der Waals surface area (Å²) in [5, 5.41) is 0.379. The van der Waals surface area contributed by atoms with E-state index in [-0.39, 0.29) is 23.9 Å². The highest BCUT2D eigenvalue weighted by Crippen LogP contribution is 2.21. The Morgan fingerprint density at radius 2 is 1.95 bits per heavy atom. The number of nitrogens with zero attached hydrogens (tertiary/aromatic N) is 2. The number of hydrogen-bond acceptors (Lipinski definition) is 4. The van der Waals surface area contributed by atoms with E-state index in [9.17, 15) is 13.2 Å². The zero-order valence-electron chi connectivity index (χ0n) is 12.4. The number of halogens is 1. The number of carbonyl (C=O) groups excluding carboxylic acids is 1. The molecule has 0 bridgehead atoms. The number of sulfonamides is 1. The summed E-state index contributed by atoms with van der Waals surface area (Å²) in [6.07, 6.45) is 0.569. The van der Waals surface area contributed by atoms with Crippen LogP contribution in [0.25, 0.3) is 0 Å². The Labute approximate surface area is 135 Å². The number of nitrogens with two attached hydrogens (primary N) is 1. The minimum absolute atomic E-state index is 0.123. The number of benzene rings is 1. The van der Waals surface area contributed by atoms with Crippen molar-refractivity contribution in [1.82, 2.24) is 9.21 Å². The highest BCUT2D eigenvalue weighted by molar-refractivity contribution is 7.89. The van der Waals surface area contributed by atoms with E-state index in [2.05, 4.69) is 0 Å². The topological polar surface area (TPSA) is 83.7 Å². The van der Waals surface area contributed by atoms with Gasteiger partial charge in [0.25, 0.3) is 0 Å². The Hall–Kier alpha value is -1.15. The highest BCUT2D eigenvalue weighted by atomic mass is 35.5. The molecule has 1 fully saturated rings. The van der Waals surface area contributed by atoms with Crippen LogP contribution in [0.5, 0.6) is 0 Å². The molecule has 0 spiro atoms. The molecule has 8 heteroatoms. The second-order valence-corrected chi connectivity index (χ2v) is 7.58. The largest absolute Gasteiger partial charge is 0.339 e. The third-order valence-corrected chi connectivity index (χ3v) is 5.87. The van der Waals surface area contributed by atoms with Gasteiger partial charge in [-0.2, -0.15) is 4.31 Å². The maximum Gasteiger partial charge on any atom is 0.243 e. The molecule has 1 aromatic carbocycles. The van der Waals surface area contributed by atoms with E-state index >= 15 is 0 Å². The predicted molar refractivity (Wildman–Crippen MR) is 85.1 cm³/mol. The summed E-state index contributed by atoms with van der Waals surface area (Å²) in [6.45, 7) is 3.08. The van der Waals surface area contributed by atoms with Crippen molar-refractivity contribution in [3.63, 3.8) is 0 Å². The van der Waals surface area contributed by atoms with Crippen LogP contribution < -0.4 is 5.73 Å². The molecule has 1 saturated heterocycles. The Balaban J connectivity index is 2.06. The highest BCUT2D eigenvalue weighted by Gasteiger charge is 2.31. The van der Waals surface area contributed by atoms with Gasteiger partial charge in [-0.05, 0) is 24.6 Å². The van der Waals surface area contributed by atoms with Crippen LogP contribution in [0.1, 0.15) is 13.3 Å². The van der Waals surface area contributed by atoms with Crippen molar-refractivity contribution in [2.24, 2.45) is 5.73 Å². The summed E-state index contributed by atoms with van der Waals surface area (Å²) < 4.78 is 26.5. The molecule has 1 amide bonds. The third kappa shape index (κ3) is 3.60. The van der Waals surface area contributed by atoms with Crippen LogP contribution in [0, 0.1) is 0 Å². The molecular weight excluding hydrogens is 326 g/mol. The molecule has 22 heavy (non-hydrogen) atoms. The molecule has 1 atom stereocenters. The molecule has 0 radical (unpaired) electrons. The van der Waals surface area contributed by atoms with Gasteiger partial charge < -0.3 is 10.6 Å². The summed E-state index contributed by atoms with van der Waals surface area (Å²) in [6, 6.07) is 5.67. The molecule has 0 aliphatic carbocycles. The predicted octanol–water partition coefficient (Wildman–Crippen LogP) is 0.910. The molecule has 0 unspecified atom stereocenters. The number of hydrogen-bond donors (Lipinski definition) is 1. The fraction of sp³-hybridized carbons (Fsp3) is 0.500. The average Bonchev–Trinajstić information content (AvgIpc) is 2.53. The fourth-order valence-electron chi connectivity index (χ4n) is 2.33. The van der Waals surface area contributed by atoms with E-state index < -0.39 is 16.1 Å². The molecule has 122 valence electrons. The van der Waals surface area contributed by atoms with Crippen molar-refractivity contribution in [1.29, 1.82) is 0 Å².